The van der Waals surface area contributed by atoms with E-state index in [4.69, 9.17) is 14.9 Å². The lowest BCUT2D eigenvalue weighted by molar-refractivity contribution is 0.0930. The topological polar surface area (TPSA) is 133 Å². The Labute approximate surface area is 165 Å². The van der Waals surface area contributed by atoms with E-state index in [-0.39, 0.29) is 23.6 Å². The summed E-state index contributed by atoms with van der Waals surface area (Å²) in [4.78, 5) is 25.5. The predicted octanol–water partition coefficient (Wildman–Crippen LogP) is 2.25. The Kier molecular flexibility index (Phi) is 4.82. The molecule has 0 spiro atoms. The number of nitrogens with zero attached hydrogens (tertiary/aromatic N) is 5. The summed E-state index contributed by atoms with van der Waals surface area (Å²) >= 11 is 0. The van der Waals surface area contributed by atoms with Gasteiger partial charge in [-0.1, -0.05) is 13.0 Å². The first-order valence-electron chi connectivity index (χ1n) is 8.97. The number of methoxy groups -OCH3 is 1. The molecule has 29 heavy (non-hydrogen) atoms. The summed E-state index contributed by atoms with van der Waals surface area (Å²) in [5.74, 6) is 1.05. The highest BCUT2D eigenvalue weighted by molar-refractivity contribution is 5.93. The van der Waals surface area contributed by atoms with Gasteiger partial charge >= 0.3 is 0 Å². The van der Waals surface area contributed by atoms with Crippen molar-refractivity contribution in [2.75, 3.05) is 12.8 Å². The van der Waals surface area contributed by atoms with Crippen LogP contribution in [0.2, 0.25) is 0 Å². The number of nitrogens with one attached hydrogen (secondary N) is 1. The second-order valence-electron chi connectivity index (χ2n) is 6.25. The highest BCUT2D eigenvalue weighted by atomic mass is 16.5. The molecule has 148 valence electrons. The van der Waals surface area contributed by atoms with Crippen LogP contribution in [0.15, 0.2) is 47.2 Å². The molecule has 4 aromatic rings. The lowest BCUT2D eigenvalue weighted by Gasteiger charge is -2.17. The third-order valence-electron chi connectivity index (χ3n) is 4.41. The number of furan rings is 1. The van der Waals surface area contributed by atoms with E-state index in [9.17, 15) is 4.79 Å². The van der Waals surface area contributed by atoms with Crippen LogP contribution in [-0.4, -0.2) is 37.6 Å². The Morgan fingerprint density at radius 1 is 1.34 bits per heavy atom. The minimum absolute atomic E-state index is 0.0529. The number of nitrogen functional groups attached to an aromatic ring is 1. The van der Waals surface area contributed by atoms with E-state index in [1.165, 1.54) is 16.8 Å². The zero-order valence-electron chi connectivity index (χ0n) is 15.9. The molecule has 0 aromatic carbocycles. The van der Waals surface area contributed by atoms with Gasteiger partial charge in [-0.3, -0.25) is 4.79 Å². The largest absolute Gasteiger partial charge is 0.481 e. The Morgan fingerprint density at radius 2 is 2.21 bits per heavy atom. The minimum atomic E-state index is -0.371. The average molecular weight is 393 g/mol. The van der Waals surface area contributed by atoms with E-state index in [0.717, 1.165) is 5.56 Å². The Bertz CT molecular complexity index is 1140. The van der Waals surface area contributed by atoms with Gasteiger partial charge in [0.1, 0.15) is 5.69 Å². The molecular formula is C19H19N7O3. The quantitative estimate of drug-likeness (QED) is 0.509. The zero-order valence-corrected chi connectivity index (χ0v) is 15.9. The van der Waals surface area contributed by atoms with Gasteiger partial charge in [0.2, 0.25) is 17.7 Å². The molecule has 10 heteroatoms. The van der Waals surface area contributed by atoms with Crippen LogP contribution in [0.5, 0.6) is 5.88 Å². The average Bonchev–Trinajstić information content (AvgIpc) is 3.41. The van der Waals surface area contributed by atoms with Gasteiger partial charge < -0.3 is 20.2 Å². The van der Waals surface area contributed by atoms with Crippen molar-refractivity contribution in [2.45, 2.75) is 19.4 Å². The third kappa shape index (κ3) is 3.59. The van der Waals surface area contributed by atoms with Crippen molar-refractivity contribution in [1.82, 2.24) is 29.9 Å². The van der Waals surface area contributed by atoms with E-state index >= 15 is 0 Å². The number of carbonyl (C=O) groups excluding carboxylic acids is 1. The van der Waals surface area contributed by atoms with Crippen LogP contribution in [0.25, 0.3) is 17.2 Å². The monoisotopic (exact) mass is 393 g/mol. The molecule has 10 nitrogen and oxygen atoms in total. The maximum Gasteiger partial charge on any atom is 0.270 e. The van der Waals surface area contributed by atoms with Crippen molar-refractivity contribution in [2.24, 2.45) is 0 Å². The highest BCUT2D eigenvalue weighted by Crippen LogP contribution is 2.20. The fourth-order valence-electron chi connectivity index (χ4n) is 2.91. The first kappa shape index (κ1) is 18.4. The van der Waals surface area contributed by atoms with Crippen LogP contribution in [-0.2, 0) is 0 Å². The van der Waals surface area contributed by atoms with Gasteiger partial charge in [0, 0.05) is 18.3 Å². The van der Waals surface area contributed by atoms with Crippen molar-refractivity contribution in [1.29, 1.82) is 0 Å². The number of anilines is 1. The smallest absolute Gasteiger partial charge is 0.270 e. The number of aromatic nitrogens is 5. The highest BCUT2D eigenvalue weighted by Gasteiger charge is 2.19. The van der Waals surface area contributed by atoms with E-state index in [2.05, 4.69) is 25.4 Å². The molecule has 4 aromatic heterocycles. The summed E-state index contributed by atoms with van der Waals surface area (Å²) in [6.45, 7) is 1.97. The molecule has 0 saturated carbocycles. The summed E-state index contributed by atoms with van der Waals surface area (Å²) in [6, 6.07) is 8.38. The summed E-state index contributed by atoms with van der Waals surface area (Å²) < 4.78 is 11.7. The maximum atomic E-state index is 12.8. The summed E-state index contributed by atoms with van der Waals surface area (Å²) in [6.07, 6.45) is 3.87. The Balaban J connectivity index is 1.60. The molecule has 0 aliphatic rings. The standard InChI is InChI=1S/C19H19N7O3/c1-3-12(11-6-7-16(28-2)21-10-11)22-18(27)13-9-15-24-17(14-5-4-8-29-14)25-26(15)19(20)23-13/h4-10,12H,3H2,1-2H3,(H2,20,23)(H,22,27). The molecule has 4 rings (SSSR count). The Morgan fingerprint density at radius 3 is 2.86 bits per heavy atom. The number of hydrogen-bond acceptors (Lipinski definition) is 8. The van der Waals surface area contributed by atoms with Crippen molar-refractivity contribution in [3.05, 3.63) is 54.0 Å². The molecule has 0 saturated heterocycles. The number of nitrogens with two attached hydrogens (primary N) is 1. The first-order valence-corrected chi connectivity index (χ1v) is 8.97. The van der Waals surface area contributed by atoms with Gasteiger partial charge in [-0.25, -0.2) is 15.0 Å². The van der Waals surface area contributed by atoms with Crippen LogP contribution in [0.1, 0.15) is 35.4 Å². The molecule has 0 radical (unpaired) electrons. The second-order valence-corrected chi connectivity index (χ2v) is 6.25. The second kappa shape index (κ2) is 7.58. The number of fused-ring (bicyclic) bond motifs is 1. The van der Waals surface area contributed by atoms with Crippen LogP contribution in [0.4, 0.5) is 5.95 Å². The van der Waals surface area contributed by atoms with E-state index in [0.29, 0.717) is 29.5 Å². The molecule has 0 aliphatic heterocycles. The first-order chi connectivity index (χ1) is 14.1. The van der Waals surface area contributed by atoms with Gasteiger partial charge in [0.25, 0.3) is 5.91 Å². The molecule has 0 bridgehead atoms. The number of amides is 1. The van der Waals surface area contributed by atoms with Crippen LogP contribution >= 0.6 is 0 Å². The SMILES string of the molecule is CCC(NC(=O)c1cc2nc(-c3ccco3)nn2c(N)n1)c1ccc(OC)nc1. The van der Waals surface area contributed by atoms with E-state index in [1.54, 1.807) is 31.5 Å². The molecule has 1 atom stereocenters. The predicted molar refractivity (Wildman–Crippen MR) is 104 cm³/mol. The third-order valence-corrected chi connectivity index (χ3v) is 4.41. The Hall–Kier alpha value is -3.95. The summed E-state index contributed by atoms with van der Waals surface area (Å²) in [5.41, 5.74) is 7.39. The molecule has 4 heterocycles. The van der Waals surface area contributed by atoms with Gasteiger partial charge in [0.15, 0.2) is 11.4 Å². The molecular weight excluding hydrogens is 374 g/mol. The van der Waals surface area contributed by atoms with Gasteiger partial charge in [-0.15, -0.1) is 5.10 Å². The van der Waals surface area contributed by atoms with Crippen molar-refractivity contribution >= 4 is 17.5 Å². The molecule has 1 unspecified atom stereocenters. The lowest BCUT2D eigenvalue weighted by atomic mass is 10.1. The van der Waals surface area contributed by atoms with Gasteiger partial charge in [-0.2, -0.15) is 4.52 Å². The van der Waals surface area contributed by atoms with E-state index in [1.807, 2.05) is 13.0 Å². The molecule has 0 aliphatic carbocycles. The fourth-order valence-corrected chi connectivity index (χ4v) is 2.91. The number of hydrogen-bond donors (Lipinski definition) is 2. The van der Waals surface area contributed by atoms with Crippen LogP contribution < -0.4 is 15.8 Å². The van der Waals surface area contributed by atoms with Crippen LogP contribution in [0, 0.1) is 0 Å². The number of carbonyl (C=O) groups is 1. The molecule has 0 fully saturated rings. The number of rotatable bonds is 6. The fraction of sp³-hybridized carbons (Fsp3) is 0.211. The maximum absolute atomic E-state index is 12.8. The molecule has 1 amide bonds. The summed E-state index contributed by atoms with van der Waals surface area (Å²) in [7, 11) is 1.55. The number of pyridine rings is 1. The van der Waals surface area contributed by atoms with Crippen LogP contribution in [0.3, 0.4) is 0 Å². The minimum Gasteiger partial charge on any atom is -0.481 e. The van der Waals surface area contributed by atoms with E-state index < -0.39 is 0 Å². The van der Waals surface area contributed by atoms with Gasteiger partial charge in [-0.05, 0) is 24.1 Å². The summed E-state index contributed by atoms with van der Waals surface area (Å²) in [5, 5.41) is 7.22. The normalized spacial score (nSPS) is 12.1. The van der Waals surface area contributed by atoms with Crippen molar-refractivity contribution in [3.63, 3.8) is 0 Å². The van der Waals surface area contributed by atoms with Crippen molar-refractivity contribution < 1.29 is 13.9 Å². The number of ether oxygens (including phenoxy) is 1. The van der Waals surface area contributed by atoms with Gasteiger partial charge in [0.05, 0.1) is 19.4 Å². The lowest BCUT2D eigenvalue weighted by Crippen LogP contribution is -2.29. The zero-order chi connectivity index (χ0) is 20.4. The van der Waals surface area contributed by atoms with Crippen molar-refractivity contribution in [3.8, 4) is 17.5 Å². The molecule has 3 N–H and O–H groups in total.